The number of amides is 2. The molecule has 3 aromatic rings. The van der Waals surface area contributed by atoms with Crippen molar-refractivity contribution >= 4 is 28.5 Å². The summed E-state index contributed by atoms with van der Waals surface area (Å²) in [5.74, 6) is -0.497. The number of hydrogen-bond donors (Lipinski definition) is 2. The second kappa shape index (κ2) is 6.31. The largest absolute Gasteiger partial charge is 0.347 e. The zero-order valence-electron chi connectivity index (χ0n) is 12.6. The summed E-state index contributed by atoms with van der Waals surface area (Å²) >= 11 is 0. The molecule has 116 valence electrons. The van der Waals surface area contributed by atoms with Gasteiger partial charge >= 0.3 is 0 Å². The molecule has 0 saturated heterocycles. The molecule has 6 heteroatoms. The Morgan fingerprint density at radius 3 is 2.57 bits per heavy atom. The molecule has 2 N–H and O–H groups in total. The predicted molar refractivity (Wildman–Crippen MR) is 88.4 cm³/mol. The molecular formula is C17H16N4O2. The van der Waals surface area contributed by atoms with E-state index in [9.17, 15) is 9.59 Å². The Labute approximate surface area is 133 Å². The van der Waals surface area contributed by atoms with E-state index < -0.39 is 0 Å². The highest BCUT2D eigenvalue weighted by Crippen LogP contribution is 2.19. The Morgan fingerprint density at radius 2 is 1.83 bits per heavy atom. The van der Waals surface area contributed by atoms with Gasteiger partial charge in [-0.25, -0.2) is 4.98 Å². The van der Waals surface area contributed by atoms with E-state index in [2.05, 4.69) is 15.6 Å². The highest BCUT2D eigenvalue weighted by atomic mass is 16.2. The fourth-order valence-corrected chi connectivity index (χ4v) is 2.28. The molecule has 0 aliphatic rings. The predicted octanol–water partition coefficient (Wildman–Crippen LogP) is 2.10. The standard InChI is InChI=1S/C17H16N4O2/c1-12(22)18-10-17(23)20-13-6-8-14(9-7-13)21-11-19-15-4-2-3-5-16(15)21/h2-9,11H,10H2,1H3,(H,18,22)(H,20,23). The maximum Gasteiger partial charge on any atom is 0.243 e. The molecule has 6 nitrogen and oxygen atoms in total. The summed E-state index contributed by atoms with van der Waals surface area (Å²) in [6, 6.07) is 15.3. The van der Waals surface area contributed by atoms with E-state index in [1.165, 1.54) is 6.92 Å². The minimum atomic E-state index is -0.263. The van der Waals surface area contributed by atoms with Crippen LogP contribution in [0.3, 0.4) is 0 Å². The summed E-state index contributed by atoms with van der Waals surface area (Å²) in [6.45, 7) is 1.33. The van der Waals surface area contributed by atoms with E-state index in [0.717, 1.165) is 16.7 Å². The molecule has 3 rings (SSSR count). The first-order valence-electron chi connectivity index (χ1n) is 7.20. The Kier molecular flexibility index (Phi) is 4.05. The first-order valence-corrected chi connectivity index (χ1v) is 7.20. The maximum absolute atomic E-state index is 11.7. The summed E-state index contributed by atoms with van der Waals surface area (Å²) in [7, 11) is 0. The van der Waals surface area contributed by atoms with E-state index >= 15 is 0 Å². The number of carbonyl (C=O) groups excluding carboxylic acids is 2. The van der Waals surface area contributed by atoms with Crippen LogP contribution in [0.5, 0.6) is 0 Å². The van der Waals surface area contributed by atoms with Crippen LogP contribution in [0.25, 0.3) is 16.7 Å². The molecule has 1 heterocycles. The van der Waals surface area contributed by atoms with Crippen molar-refractivity contribution in [2.75, 3.05) is 11.9 Å². The van der Waals surface area contributed by atoms with Crippen LogP contribution in [0.15, 0.2) is 54.9 Å². The Bertz CT molecular complexity index is 852. The smallest absolute Gasteiger partial charge is 0.243 e. The lowest BCUT2D eigenvalue weighted by atomic mass is 10.2. The van der Waals surface area contributed by atoms with Gasteiger partial charge in [0, 0.05) is 18.3 Å². The van der Waals surface area contributed by atoms with Crippen molar-refractivity contribution in [3.63, 3.8) is 0 Å². The zero-order valence-corrected chi connectivity index (χ0v) is 12.6. The molecule has 0 atom stereocenters. The number of anilines is 1. The summed E-state index contributed by atoms with van der Waals surface area (Å²) in [5, 5.41) is 5.18. The van der Waals surface area contributed by atoms with Crippen LogP contribution in [-0.2, 0) is 9.59 Å². The van der Waals surface area contributed by atoms with Crippen LogP contribution in [0.4, 0.5) is 5.69 Å². The van der Waals surface area contributed by atoms with Crippen molar-refractivity contribution in [3.05, 3.63) is 54.9 Å². The van der Waals surface area contributed by atoms with E-state index in [0.29, 0.717) is 5.69 Å². The molecule has 0 aliphatic heterocycles. The molecule has 2 amide bonds. The van der Waals surface area contributed by atoms with Gasteiger partial charge in [0.25, 0.3) is 0 Å². The van der Waals surface area contributed by atoms with Gasteiger partial charge in [-0.2, -0.15) is 0 Å². The average Bonchev–Trinajstić information content (AvgIpc) is 2.98. The summed E-state index contributed by atoms with van der Waals surface area (Å²) in [5.41, 5.74) is 3.59. The van der Waals surface area contributed by atoms with E-state index in [1.807, 2.05) is 53.1 Å². The number of imidazole rings is 1. The molecule has 23 heavy (non-hydrogen) atoms. The summed E-state index contributed by atoms with van der Waals surface area (Å²) in [6.07, 6.45) is 1.77. The number of fused-ring (bicyclic) bond motifs is 1. The monoisotopic (exact) mass is 308 g/mol. The highest BCUT2D eigenvalue weighted by Gasteiger charge is 2.05. The maximum atomic E-state index is 11.7. The number of rotatable bonds is 4. The minimum absolute atomic E-state index is 0.0384. The van der Waals surface area contributed by atoms with Crippen LogP contribution >= 0.6 is 0 Å². The molecule has 0 unspecified atom stereocenters. The van der Waals surface area contributed by atoms with Gasteiger partial charge in [-0.05, 0) is 36.4 Å². The Morgan fingerprint density at radius 1 is 1.09 bits per heavy atom. The number of benzene rings is 2. The molecule has 0 radical (unpaired) electrons. The SMILES string of the molecule is CC(=O)NCC(=O)Nc1ccc(-n2cnc3ccccc32)cc1. The van der Waals surface area contributed by atoms with Gasteiger partial charge in [-0.15, -0.1) is 0 Å². The third-order valence-electron chi connectivity index (χ3n) is 3.38. The molecule has 0 aliphatic carbocycles. The third-order valence-corrected chi connectivity index (χ3v) is 3.38. The van der Waals surface area contributed by atoms with Crippen molar-refractivity contribution in [1.82, 2.24) is 14.9 Å². The van der Waals surface area contributed by atoms with Gasteiger partial charge in [0.15, 0.2) is 0 Å². The fourth-order valence-electron chi connectivity index (χ4n) is 2.28. The van der Waals surface area contributed by atoms with Crippen molar-refractivity contribution < 1.29 is 9.59 Å². The highest BCUT2D eigenvalue weighted by molar-refractivity contribution is 5.94. The van der Waals surface area contributed by atoms with E-state index in [1.54, 1.807) is 6.33 Å². The Hall–Kier alpha value is -3.15. The first-order chi connectivity index (χ1) is 11.1. The van der Waals surface area contributed by atoms with Crippen molar-refractivity contribution in [2.24, 2.45) is 0 Å². The van der Waals surface area contributed by atoms with Gasteiger partial charge in [-0.1, -0.05) is 12.1 Å². The lowest BCUT2D eigenvalue weighted by Crippen LogP contribution is -2.31. The van der Waals surface area contributed by atoms with Gasteiger partial charge in [0.2, 0.25) is 11.8 Å². The Balaban J connectivity index is 1.74. The number of nitrogens with zero attached hydrogens (tertiary/aromatic N) is 2. The summed E-state index contributed by atoms with van der Waals surface area (Å²) < 4.78 is 1.98. The third kappa shape index (κ3) is 3.37. The molecule has 0 fully saturated rings. The first kappa shape index (κ1) is 14.8. The molecule has 0 spiro atoms. The van der Waals surface area contributed by atoms with Crippen molar-refractivity contribution in [2.45, 2.75) is 6.92 Å². The second-order valence-corrected chi connectivity index (χ2v) is 5.11. The van der Waals surface area contributed by atoms with Crippen LogP contribution < -0.4 is 10.6 Å². The van der Waals surface area contributed by atoms with Crippen LogP contribution in [-0.4, -0.2) is 27.9 Å². The molecule has 2 aromatic carbocycles. The molecule has 0 bridgehead atoms. The number of nitrogens with one attached hydrogen (secondary N) is 2. The minimum Gasteiger partial charge on any atom is -0.347 e. The number of aromatic nitrogens is 2. The van der Waals surface area contributed by atoms with E-state index in [-0.39, 0.29) is 18.4 Å². The van der Waals surface area contributed by atoms with Gasteiger partial charge in [-0.3, -0.25) is 14.2 Å². The van der Waals surface area contributed by atoms with Crippen LogP contribution in [0.1, 0.15) is 6.92 Å². The topological polar surface area (TPSA) is 76.0 Å². The molecule has 1 aromatic heterocycles. The molecular weight excluding hydrogens is 292 g/mol. The van der Waals surface area contributed by atoms with Crippen LogP contribution in [0.2, 0.25) is 0 Å². The van der Waals surface area contributed by atoms with E-state index in [4.69, 9.17) is 0 Å². The average molecular weight is 308 g/mol. The number of para-hydroxylation sites is 2. The quantitative estimate of drug-likeness (QED) is 0.775. The fraction of sp³-hybridized carbons (Fsp3) is 0.118. The molecule has 0 saturated carbocycles. The zero-order chi connectivity index (χ0) is 16.2. The second-order valence-electron chi connectivity index (χ2n) is 5.11. The van der Waals surface area contributed by atoms with Gasteiger partial charge in [0.1, 0.15) is 6.33 Å². The van der Waals surface area contributed by atoms with Crippen molar-refractivity contribution in [3.8, 4) is 5.69 Å². The number of hydrogen-bond acceptors (Lipinski definition) is 3. The van der Waals surface area contributed by atoms with Gasteiger partial charge in [0.05, 0.1) is 17.6 Å². The van der Waals surface area contributed by atoms with Crippen molar-refractivity contribution in [1.29, 1.82) is 0 Å². The number of carbonyl (C=O) groups is 2. The lowest BCUT2D eigenvalue weighted by Gasteiger charge is -2.08. The summed E-state index contributed by atoms with van der Waals surface area (Å²) in [4.78, 5) is 26.8. The van der Waals surface area contributed by atoms with Crippen LogP contribution in [0, 0.1) is 0 Å². The van der Waals surface area contributed by atoms with Gasteiger partial charge < -0.3 is 10.6 Å². The normalized spacial score (nSPS) is 10.5. The lowest BCUT2D eigenvalue weighted by molar-refractivity contribution is -0.122.